The first kappa shape index (κ1) is 29.3. The van der Waals surface area contributed by atoms with Crippen molar-refractivity contribution in [2.45, 2.75) is 45.7 Å². The van der Waals surface area contributed by atoms with Gasteiger partial charge in [-0.1, -0.05) is 92.2 Å². The molecule has 1 aliphatic heterocycles. The summed E-state index contributed by atoms with van der Waals surface area (Å²) in [7, 11) is 1.44. The fraction of sp³-hybridized carbons (Fsp3) is 0.324. The third kappa shape index (κ3) is 6.55. The Balaban J connectivity index is 1.29. The number of methoxy groups -OCH3 is 1. The number of carbonyl (C=O) groups is 1. The predicted molar refractivity (Wildman–Crippen MR) is 170 cm³/mol. The number of aromatic nitrogens is 6. The molecule has 0 fully saturated rings. The van der Waals surface area contributed by atoms with Crippen molar-refractivity contribution in [1.82, 2.24) is 35.1 Å². The lowest BCUT2D eigenvalue weighted by Gasteiger charge is -2.35. The highest BCUT2D eigenvalue weighted by Gasteiger charge is 2.30. The van der Waals surface area contributed by atoms with Gasteiger partial charge in [-0.05, 0) is 40.3 Å². The number of rotatable bonds is 12. The van der Waals surface area contributed by atoms with Gasteiger partial charge in [0.05, 0.1) is 19.5 Å². The summed E-state index contributed by atoms with van der Waals surface area (Å²) >= 11 is 0. The van der Waals surface area contributed by atoms with E-state index in [4.69, 9.17) is 9.72 Å². The van der Waals surface area contributed by atoms with Crippen LogP contribution in [0.2, 0.25) is 0 Å². The van der Waals surface area contributed by atoms with Crippen LogP contribution in [-0.2, 0) is 35.5 Å². The van der Waals surface area contributed by atoms with E-state index in [0.717, 1.165) is 72.8 Å². The molecule has 44 heavy (non-hydrogen) atoms. The van der Waals surface area contributed by atoms with Crippen molar-refractivity contribution in [1.29, 1.82) is 0 Å². The molecule has 5 aromatic rings. The minimum atomic E-state index is -0.262. The number of esters is 1. The first-order valence-electron chi connectivity index (χ1n) is 15.2. The summed E-state index contributed by atoms with van der Waals surface area (Å²) in [5.74, 6) is 2.26. The third-order valence-corrected chi connectivity index (χ3v) is 8.15. The van der Waals surface area contributed by atoms with Crippen LogP contribution in [-0.4, -0.2) is 67.9 Å². The second kappa shape index (κ2) is 13.6. The highest BCUT2D eigenvalue weighted by atomic mass is 16.5. The van der Waals surface area contributed by atoms with Gasteiger partial charge < -0.3 is 14.2 Å². The molecule has 3 aromatic carbocycles. The number of nitrogens with one attached hydrogen (secondary N) is 1. The van der Waals surface area contributed by atoms with Crippen LogP contribution < -0.4 is 4.90 Å². The van der Waals surface area contributed by atoms with E-state index in [1.807, 2.05) is 24.3 Å². The highest BCUT2D eigenvalue weighted by molar-refractivity contribution is 5.80. The number of aryl methyl sites for hydroxylation is 1. The molecule has 0 spiro atoms. The molecule has 0 amide bonds. The second-order valence-corrected chi connectivity index (χ2v) is 11.2. The van der Waals surface area contributed by atoms with Gasteiger partial charge in [0.1, 0.15) is 12.4 Å². The molecular formula is C34H38N8O2. The number of hydrogen-bond donors (Lipinski definition) is 1. The normalized spacial score (nSPS) is 13.2. The first-order chi connectivity index (χ1) is 21.6. The molecule has 0 radical (unpaired) electrons. The standard InChI is InChI=1S/C34H38N8O2/c1-3-4-14-31-35-34-30(22-40(24-41(34)23-32(43)44-2)20-19-25-10-6-5-7-11-25)42(31)21-26-15-17-27(18-16-26)28-12-8-9-13-29(28)33-36-38-39-37-33/h5-13,15-18H,3-4,14,19-24H2,1-2H3,(H,36,37,38,39). The largest absolute Gasteiger partial charge is 0.468 e. The number of benzene rings is 3. The molecule has 0 saturated carbocycles. The van der Waals surface area contributed by atoms with E-state index in [-0.39, 0.29) is 12.5 Å². The van der Waals surface area contributed by atoms with Crippen LogP contribution in [0.4, 0.5) is 5.82 Å². The lowest BCUT2D eigenvalue weighted by atomic mass is 9.98. The lowest BCUT2D eigenvalue weighted by Crippen LogP contribution is -2.46. The van der Waals surface area contributed by atoms with E-state index in [1.165, 1.54) is 18.2 Å². The lowest BCUT2D eigenvalue weighted by molar-refractivity contribution is -0.139. The molecule has 0 unspecified atom stereocenters. The van der Waals surface area contributed by atoms with E-state index in [0.29, 0.717) is 19.0 Å². The number of hydrogen-bond acceptors (Lipinski definition) is 8. The summed E-state index contributed by atoms with van der Waals surface area (Å²) in [4.78, 5) is 22.1. The number of aromatic amines is 1. The first-order valence-corrected chi connectivity index (χ1v) is 15.2. The number of ether oxygens (including phenoxy) is 1. The Morgan fingerprint density at radius 3 is 2.43 bits per heavy atom. The summed E-state index contributed by atoms with van der Waals surface area (Å²) in [6, 6.07) is 27.3. The second-order valence-electron chi connectivity index (χ2n) is 11.2. The van der Waals surface area contributed by atoms with Gasteiger partial charge in [-0.3, -0.25) is 9.69 Å². The number of H-pyrrole nitrogens is 1. The Hall–Kier alpha value is -4.83. The quantitative estimate of drug-likeness (QED) is 0.200. The number of tetrazole rings is 1. The maximum Gasteiger partial charge on any atom is 0.325 e. The van der Waals surface area contributed by atoms with E-state index >= 15 is 0 Å². The monoisotopic (exact) mass is 590 g/mol. The molecule has 10 heteroatoms. The van der Waals surface area contributed by atoms with Crippen LogP contribution in [0.1, 0.15) is 42.4 Å². The average Bonchev–Trinajstić information content (AvgIpc) is 3.73. The van der Waals surface area contributed by atoms with Crippen LogP contribution in [0, 0.1) is 0 Å². The minimum Gasteiger partial charge on any atom is -0.468 e. The number of anilines is 1. The molecule has 0 bridgehead atoms. The van der Waals surface area contributed by atoms with Crippen LogP contribution >= 0.6 is 0 Å². The Bertz CT molecular complexity index is 1670. The van der Waals surface area contributed by atoms with Crippen molar-refractivity contribution in [2.75, 3.05) is 31.8 Å². The zero-order chi connectivity index (χ0) is 30.3. The van der Waals surface area contributed by atoms with Crippen molar-refractivity contribution in [3.05, 3.63) is 102 Å². The molecule has 226 valence electrons. The van der Waals surface area contributed by atoms with Crippen molar-refractivity contribution in [3.8, 4) is 22.5 Å². The predicted octanol–water partition coefficient (Wildman–Crippen LogP) is 5.12. The summed E-state index contributed by atoms with van der Waals surface area (Å²) in [6.07, 6.45) is 3.96. The van der Waals surface area contributed by atoms with Crippen LogP contribution in [0.5, 0.6) is 0 Å². The van der Waals surface area contributed by atoms with Gasteiger partial charge >= 0.3 is 5.97 Å². The summed E-state index contributed by atoms with van der Waals surface area (Å²) in [6.45, 7) is 5.36. The smallest absolute Gasteiger partial charge is 0.325 e. The Kier molecular flexibility index (Phi) is 9.07. The van der Waals surface area contributed by atoms with Gasteiger partial charge in [-0.15, -0.1) is 10.2 Å². The Labute approximate surface area is 257 Å². The maximum atomic E-state index is 12.4. The molecule has 2 aromatic heterocycles. The molecule has 0 aliphatic carbocycles. The zero-order valence-electron chi connectivity index (χ0n) is 25.3. The van der Waals surface area contributed by atoms with Crippen molar-refractivity contribution in [3.63, 3.8) is 0 Å². The van der Waals surface area contributed by atoms with E-state index in [2.05, 4.69) is 96.5 Å². The van der Waals surface area contributed by atoms with Gasteiger partial charge in [0, 0.05) is 31.6 Å². The van der Waals surface area contributed by atoms with E-state index in [9.17, 15) is 4.79 Å². The van der Waals surface area contributed by atoms with Crippen molar-refractivity contribution in [2.24, 2.45) is 0 Å². The highest BCUT2D eigenvalue weighted by Crippen LogP contribution is 2.32. The molecule has 3 heterocycles. The van der Waals surface area contributed by atoms with Gasteiger partial charge in [0.2, 0.25) is 5.82 Å². The third-order valence-electron chi connectivity index (χ3n) is 8.15. The zero-order valence-corrected chi connectivity index (χ0v) is 25.3. The van der Waals surface area contributed by atoms with Crippen LogP contribution in [0.15, 0.2) is 78.9 Å². The van der Waals surface area contributed by atoms with Gasteiger partial charge in [-0.25, -0.2) is 4.98 Å². The molecule has 6 rings (SSSR count). The molecule has 1 aliphatic rings. The van der Waals surface area contributed by atoms with Crippen LogP contribution in [0.3, 0.4) is 0 Å². The SMILES string of the molecule is CCCCc1nc2c(n1Cc1ccc(-c3ccccc3-c3nn[nH]n3)cc1)CN(CCc1ccccc1)CN2CC(=O)OC. The number of unbranched alkanes of at least 4 members (excludes halogenated alkanes) is 1. The topological polar surface area (TPSA) is 105 Å². The van der Waals surface area contributed by atoms with Gasteiger partial charge in [0.15, 0.2) is 5.82 Å². The number of nitrogens with zero attached hydrogens (tertiary/aromatic N) is 7. The molecule has 10 nitrogen and oxygen atoms in total. The molecule has 0 atom stereocenters. The Morgan fingerprint density at radius 2 is 1.70 bits per heavy atom. The molecular weight excluding hydrogens is 552 g/mol. The number of carbonyl (C=O) groups excluding carboxylic acids is 1. The van der Waals surface area contributed by atoms with Gasteiger partial charge in [-0.2, -0.15) is 5.21 Å². The fourth-order valence-electron chi connectivity index (χ4n) is 5.82. The summed E-state index contributed by atoms with van der Waals surface area (Å²) < 4.78 is 7.43. The number of imidazole rings is 1. The van der Waals surface area contributed by atoms with E-state index < -0.39 is 0 Å². The number of fused-ring (bicyclic) bond motifs is 1. The average molecular weight is 591 g/mol. The van der Waals surface area contributed by atoms with Gasteiger partial charge in [0.25, 0.3) is 0 Å². The maximum absolute atomic E-state index is 12.4. The van der Waals surface area contributed by atoms with Crippen molar-refractivity contribution < 1.29 is 9.53 Å². The van der Waals surface area contributed by atoms with Crippen molar-refractivity contribution >= 4 is 11.8 Å². The summed E-state index contributed by atoms with van der Waals surface area (Å²) in [5, 5.41) is 14.7. The summed E-state index contributed by atoms with van der Waals surface area (Å²) in [5.41, 5.74) is 6.70. The minimum absolute atomic E-state index is 0.171. The van der Waals surface area contributed by atoms with E-state index in [1.54, 1.807) is 0 Å². The molecule has 0 saturated heterocycles. The Morgan fingerprint density at radius 1 is 0.932 bits per heavy atom. The molecule has 1 N–H and O–H groups in total. The van der Waals surface area contributed by atoms with Crippen LogP contribution in [0.25, 0.3) is 22.5 Å². The fourth-order valence-corrected chi connectivity index (χ4v) is 5.82.